The predicted molar refractivity (Wildman–Crippen MR) is 161 cm³/mol. The zero-order valence-electron chi connectivity index (χ0n) is 25.1. The van der Waals surface area contributed by atoms with Crippen LogP contribution in [0.1, 0.15) is 85.3 Å². The zero-order chi connectivity index (χ0) is 29.9. The normalized spacial score (nSPS) is 21.3. The number of carbonyl (C=O) groups is 1. The van der Waals surface area contributed by atoms with Crippen LogP contribution in [0.25, 0.3) is 0 Å². The van der Waals surface area contributed by atoms with Crippen LogP contribution in [-0.4, -0.2) is 37.2 Å². The predicted octanol–water partition coefficient (Wildman–Crippen LogP) is 7.69. The van der Waals surface area contributed by atoms with Crippen molar-refractivity contribution in [3.63, 3.8) is 0 Å². The first kappa shape index (κ1) is 29.6. The average Bonchev–Trinajstić information content (AvgIpc) is 3.45. The Balaban J connectivity index is 1.17. The summed E-state index contributed by atoms with van der Waals surface area (Å²) in [6.45, 7) is 4.29. The highest BCUT2D eigenvalue weighted by Gasteiger charge is 2.35. The van der Waals surface area contributed by atoms with Gasteiger partial charge in [0.25, 0.3) is 0 Å². The van der Waals surface area contributed by atoms with Gasteiger partial charge in [0.1, 0.15) is 23.6 Å². The first-order valence-corrected chi connectivity index (χ1v) is 15.7. The van der Waals surface area contributed by atoms with Crippen molar-refractivity contribution in [3.05, 3.63) is 94.0 Å². The van der Waals surface area contributed by atoms with Crippen LogP contribution in [0.2, 0.25) is 0 Å². The molecule has 228 valence electrons. The third-order valence-corrected chi connectivity index (χ3v) is 9.56. The smallest absolute Gasteiger partial charge is 0.323 e. The van der Waals surface area contributed by atoms with E-state index in [9.17, 15) is 13.6 Å². The minimum absolute atomic E-state index is 0.151. The summed E-state index contributed by atoms with van der Waals surface area (Å²) in [4.78, 5) is 15.1. The highest BCUT2D eigenvalue weighted by atomic mass is 19.2. The van der Waals surface area contributed by atoms with E-state index in [1.807, 2.05) is 19.1 Å². The topological polar surface area (TPSA) is 48.0 Å². The maximum Gasteiger partial charge on any atom is 0.323 e. The lowest BCUT2D eigenvalue weighted by atomic mass is 9.86. The summed E-state index contributed by atoms with van der Waals surface area (Å²) in [5, 5.41) is 0. The second-order valence-corrected chi connectivity index (χ2v) is 12.3. The molecule has 6 rings (SSSR count). The third kappa shape index (κ3) is 6.57. The van der Waals surface area contributed by atoms with E-state index in [1.165, 1.54) is 61.1 Å². The lowest BCUT2D eigenvalue weighted by molar-refractivity contribution is -0.148. The molecule has 5 nitrogen and oxygen atoms in total. The van der Waals surface area contributed by atoms with Crippen molar-refractivity contribution in [2.24, 2.45) is 5.92 Å². The van der Waals surface area contributed by atoms with Crippen molar-refractivity contribution in [2.45, 2.75) is 82.9 Å². The van der Waals surface area contributed by atoms with Crippen molar-refractivity contribution in [2.75, 3.05) is 20.3 Å². The van der Waals surface area contributed by atoms with Crippen molar-refractivity contribution in [3.8, 4) is 11.5 Å². The van der Waals surface area contributed by atoms with Crippen LogP contribution in [0.15, 0.2) is 54.6 Å². The number of hydrogen-bond donors (Lipinski definition) is 0. The molecule has 0 radical (unpaired) electrons. The van der Waals surface area contributed by atoms with Crippen LogP contribution in [-0.2, 0) is 28.9 Å². The maximum absolute atomic E-state index is 13.8. The Morgan fingerprint density at radius 3 is 2.47 bits per heavy atom. The number of esters is 1. The van der Waals surface area contributed by atoms with Gasteiger partial charge in [0, 0.05) is 13.1 Å². The second kappa shape index (κ2) is 13.0. The Hall–Kier alpha value is -3.45. The van der Waals surface area contributed by atoms with Gasteiger partial charge in [0.15, 0.2) is 11.6 Å². The standard InChI is InChI=1S/C36H41F2NO4/c1-3-34(26-10-13-31(37)32(38)18-26)43-30-11-8-24(9-12-30)25-14-15-42-35-20-27-19-33(36(40)41-2)39(21-23-6-4-5-7-23)22-29(27)17-28(35)16-25/h8-13,17-18,20,23,25,33-34H,3-7,14-16,19,21-22H2,1-2H3/t25-,33+,34-/m1/s1. The fraction of sp³-hybridized carbons (Fsp3) is 0.472. The first-order valence-electron chi connectivity index (χ1n) is 15.7. The fourth-order valence-electron chi connectivity index (χ4n) is 7.15. The summed E-state index contributed by atoms with van der Waals surface area (Å²) in [6.07, 6.45) is 7.73. The lowest BCUT2D eigenvalue weighted by Crippen LogP contribution is -2.47. The molecule has 3 aromatic rings. The summed E-state index contributed by atoms with van der Waals surface area (Å²) in [5.74, 6) is 0.692. The summed E-state index contributed by atoms with van der Waals surface area (Å²) < 4.78 is 44.9. The number of carbonyl (C=O) groups excluding carboxylic acids is 1. The van der Waals surface area contributed by atoms with Crippen LogP contribution < -0.4 is 9.47 Å². The number of rotatable bonds is 8. The monoisotopic (exact) mass is 589 g/mol. The van der Waals surface area contributed by atoms with Gasteiger partial charge in [-0.2, -0.15) is 0 Å². The van der Waals surface area contributed by atoms with E-state index in [0.29, 0.717) is 42.6 Å². The Bertz CT molecular complexity index is 1440. The molecule has 2 aliphatic heterocycles. The number of ether oxygens (including phenoxy) is 3. The van der Waals surface area contributed by atoms with Crippen LogP contribution in [0.5, 0.6) is 11.5 Å². The maximum atomic E-state index is 13.8. The number of nitrogens with zero attached hydrogens (tertiary/aromatic N) is 1. The molecule has 0 unspecified atom stereocenters. The summed E-state index contributed by atoms with van der Waals surface area (Å²) in [5.41, 5.74) is 5.52. The molecule has 0 aromatic heterocycles. The minimum Gasteiger partial charge on any atom is -0.493 e. The molecule has 2 heterocycles. The Kier molecular flexibility index (Phi) is 8.98. The molecule has 1 aliphatic carbocycles. The van der Waals surface area contributed by atoms with Crippen LogP contribution in [0.3, 0.4) is 0 Å². The van der Waals surface area contributed by atoms with Gasteiger partial charge in [-0.15, -0.1) is 0 Å². The molecule has 1 fully saturated rings. The Labute approximate surface area is 253 Å². The van der Waals surface area contributed by atoms with E-state index in [4.69, 9.17) is 14.2 Å². The van der Waals surface area contributed by atoms with Crippen LogP contribution in [0, 0.1) is 17.6 Å². The van der Waals surface area contributed by atoms with Gasteiger partial charge in [-0.1, -0.05) is 44.0 Å². The van der Waals surface area contributed by atoms with E-state index in [1.54, 1.807) is 6.07 Å². The molecule has 0 N–H and O–H groups in total. The number of hydrogen-bond acceptors (Lipinski definition) is 5. The lowest BCUT2D eigenvalue weighted by Gasteiger charge is -2.37. The molecule has 3 aromatic carbocycles. The van der Waals surface area contributed by atoms with Crippen LogP contribution >= 0.6 is 0 Å². The molecular weight excluding hydrogens is 548 g/mol. The molecule has 0 saturated heterocycles. The molecule has 0 bridgehead atoms. The van der Waals surface area contributed by atoms with E-state index >= 15 is 0 Å². The Morgan fingerprint density at radius 1 is 0.953 bits per heavy atom. The van der Waals surface area contributed by atoms with Gasteiger partial charge in [-0.05, 0) is 109 Å². The molecule has 7 heteroatoms. The highest BCUT2D eigenvalue weighted by molar-refractivity contribution is 5.76. The average molecular weight is 590 g/mol. The summed E-state index contributed by atoms with van der Waals surface area (Å²) in [7, 11) is 1.49. The number of benzene rings is 3. The number of methoxy groups -OCH3 is 1. The fourth-order valence-corrected chi connectivity index (χ4v) is 7.15. The van der Waals surface area contributed by atoms with Gasteiger partial charge in [-0.3, -0.25) is 9.69 Å². The van der Waals surface area contributed by atoms with Crippen molar-refractivity contribution in [1.82, 2.24) is 4.90 Å². The molecule has 3 atom stereocenters. The van der Waals surface area contributed by atoms with Gasteiger partial charge in [0.2, 0.25) is 0 Å². The van der Waals surface area contributed by atoms with E-state index in [0.717, 1.165) is 37.7 Å². The highest BCUT2D eigenvalue weighted by Crippen LogP contribution is 2.38. The van der Waals surface area contributed by atoms with Gasteiger partial charge in [0.05, 0.1) is 13.7 Å². The van der Waals surface area contributed by atoms with Gasteiger partial charge >= 0.3 is 5.97 Å². The molecule has 1 saturated carbocycles. The molecule has 3 aliphatic rings. The van der Waals surface area contributed by atoms with E-state index in [-0.39, 0.29) is 18.1 Å². The van der Waals surface area contributed by atoms with Gasteiger partial charge in [-0.25, -0.2) is 8.78 Å². The van der Waals surface area contributed by atoms with E-state index in [2.05, 4.69) is 29.2 Å². The largest absolute Gasteiger partial charge is 0.493 e. The molecule has 0 amide bonds. The van der Waals surface area contributed by atoms with Gasteiger partial charge < -0.3 is 14.2 Å². The summed E-state index contributed by atoms with van der Waals surface area (Å²) in [6, 6.07) is 16.3. The van der Waals surface area contributed by atoms with Crippen molar-refractivity contribution < 1.29 is 27.8 Å². The molecule has 43 heavy (non-hydrogen) atoms. The third-order valence-electron chi connectivity index (χ3n) is 9.56. The minimum atomic E-state index is -0.864. The Morgan fingerprint density at radius 2 is 1.74 bits per heavy atom. The quantitative estimate of drug-likeness (QED) is 0.252. The SMILES string of the molecule is CC[C@@H](Oc1ccc([C@@H]2CCOc3cc4c(cc3C2)CN(CC2CCCC2)[C@H](C(=O)OC)C4)cc1)c1ccc(F)c(F)c1. The van der Waals surface area contributed by atoms with Crippen molar-refractivity contribution in [1.29, 1.82) is 0 Å². The summed E-state index contributed by atoms with van der Waals surface area (Å²) >= 11 is 0. The zero-order valence-corrected chi connectivity index (χ0v) is 25.1. The first-order chi connectivity index (χ1) is 20.9. The molecular formula is C36H41F2NO4. The van der Waals surface area contributed by atoms with Crippen molar-refractivity contribution >= 4 is 5.97 Å². The number of halogens is 2. The van der Waals surface area contributed by atoms with Crippen LogP contribution in [0.4, 0.5) is 8.78 Å². The number of fused-ring (bicyclic) bond motifs is 2. The van der Waals surface area contributed by atoms with E-state index < -0.39 is 11.6 Å². The second-order valence-electron chi connectivity index (χ2n) is 12.3. The molecule has 0 spiro atoms.